The Bertz CT molecular complexity index is 490. The van der Waals surface area contributed by atoms with Crippen LogP contribution < -0.4 is 11.1 Å². The predicted octanol–water partition coefficient (Wildman–Crippen LogP) is 0.398. The van der Waals surface area contributed by atoms with Crippen LogP contribution >= 0.6 is 11.6 Å². The third kappa shape index (κ3) is 3.74. The number of hydrogen-bond acceptors (Lipinski definition) is 3. The average Bonchev–Trinajstić information content (AvgIpc) is 2.27. The van der Waals surface area contributed by atoms with E-state index in [1.165, 1.54) is 12.1 Å². The summed E-state index contributed by atoms with van der Waals surface area (Å²) in [7, 11) is 0. The van der Waals surface area contributed by atoms with Crippen LogP contribution in [0.4, 0.5) is 0 Å². The van der Waals surface area contributed by atoms with Crippen LogP contribution in [0.25, 0.3) is 0 Å². The lowest BCUT2D eigenvalue weighted by Gasteiger charge is -2.13. The fourth-order valence-electron chi connectivity index (χ4n) is 1.28. The third-order valence-electron chi connectivity index (χ3n) is 2.13. The highest BCUT2D eigenvalue weighted by atomic mass is 35.5. The van der Waals surface area contributed by atoms with E-state index in [2.05, 4.69) is 5.32 Å². The van der Waals surface area contributed by atoms with E-state index in [4.69, 9.17) is 22.4 Å². The zero-order valence-corrected chi connectivity index (χ0v) is 9.98. The molecule has 0 fully saturated rings. The van der Waals surface area contributed by atoms with Gasteiger partial charge in [-0.15, -0.1) is 0 Å². The van der Waals surface area contributed by atoms with Crippen molar-refractivity contribution in [1.82, 2.24) is 5.32 Å². The lowest BCUT2D eigenvalue weighted by molar-refractivity contribution is -0.140. The van der Waals surface area contributed by atoms with E-state index in [0.717, 1.165) is 0 Å². The van der Waals surface area contributed by atoms with Crippen molar-refractivity contribution in [1.29, 1.82) is 0 Å². The van der Waals surface area contributed by atoms with E-state index in [-0.39, 0.29) is 10.6 Å². The summed E-state index contributed by atoms with van der Waals surface area (Å²) in [5.74, 6) is -2.83. The van der Waals surface area contributed by atoms with Gasteiger partial charge in [-0.3, -0.25) is 9.59 Å². The average molecular weight is 271 g/mol. The van der Waals surface area contributed by atoms with Gasteiger partial charge in [0.15, 0.2) is 0 Å². The quantitative estimate of drug-likeness (QED) is 0.719. The smallest absolute Gasteiger partial charge is 0.326 e. The second-order valence-corrected chi connectivity index (χ2v) is 3.92. The SMILES string of the molecule is NC(=O)CC(NC(=O)c1ccccc1Cl)C(=O)O. The van der Waals surface area contributed by atoms with Gasteiger partial charge >= 0.3 is 5.97 Å². The van der Waals surface area contributed by atoms with Crippen molar-refractivity contribution in [3.8, 4) is 0 Å². The Labute approximate surface area is 108 Å². The number of benzene rings is 1. The highest BCUT2D eigenvalue weighted by molar-refractivity contribution is 6.33. The van der Waals surface area contributed by atoms with Gasteiger partial charge in [0.1, 0.15) is 6.04 Å². The second-order valence-electron chi connectivity index (χ2n) is 3.51. The Morgan fingerprint density at radius 1 is 1.33 bits per heavy atom. The molecule has 2 amide bonds. The third-order valence-corrected chi connectivity index (χ3v) is 2.46. The van der Waals surface area contributed by atoms with E-state index in [0.29, 0.717) is 0 Å². The number of carbonyl (C=O) groups is 3. The summed E-state index contributed by atoms with van der Waals surface area (Å²) in [6, 6.07) is 4.80. The summed E-state index contributed by atoms with van der Waals surface area (Å²) in [6.45, 7) is 0. The number of carboxylic acid groups (broad SMARTS) is 1. The number of amides is 2. The summed E-state index contributed by atoms with van der Waals surface area (Å²) in [5, 5.41) is 11.2. The van der Waals surface area contributed by atoms with Gasteiger partial charge in [0.2, 0.25) is 5.91 Å². The standard InChI is InChI=1S/C11H11ClN2O4/c12-7-4-2-1-3-6(7)10(16)14-8(11(17)18)5-9(13)15/h1-4,8H,5H2,(H2,13,15)(H,14,16)(H,17,18). The highest BCUT2D eigenvalue weighted by Gasteiger charge is 2.23. The molecule has 4 N–H and O–H groups in total. The lowest BCUT2D eigenvalue weighted by atomic mass is 10.1. The molecule has 18 heavy (non-hydrogen) atoms. The molecule has 1 unspecified atom stereocenters. The molecule has 0 spiro atoms. The van der Waals surface area contributed by atoms with E-state index < -0.39 is 30.2 Å². The van der Waals surface area contributed by atoms with Crippen LogP contribution in [0, 0.1) is 0 Å². The summed E-state index contributed by atoms with van der Waals surface area (Å²) in [4.78, 5) is 33.3. The Morgan fingerprint density at radius 3 is 2.44 bits per heavy atom. The van der Waals surface area contributed by atoms with E-state index in [9.17, 15) is 14.4 Å². The zero-order chi connectivity index (χ0) is 13.7. The summed E-state index contributed by atoms with van der Waals surface area (Å²) >= 11 is 5.79. The van der Waals surface area contributed by atoms with Crippen molar-refractivity contribution in [2.75, 3.05) is 0 Å². The van der Waals surface area contributed by atoms with Crippen LogP contribution in [0.15, 0.2) is 24.3 Å². The number of nitrogens with two attached hydrogens (primary N) is 1. The van der Waals surface area contributed by atoms with Crippen molar-refractivity contribution >= 4 is 29.4 Å². The van der Waals surface area contributed by atoms with Crippen LogP contribution in [0.5, 0.6) is 0 Å². The first-order valence-corrected chi connectivity index (χ1v) is 5.36. The molecule has 1 atom stereocenters. The molecule has 0 aliphatic rings. The Balaban J connectivity index is 2.82. The topological polar surface area (TPSA) is 109 Å². The van der Waals surface area contributed by atoms with Crippen LogP contribution in [-0.2, 0) is 9.59 Å². The minimum atomic E-state index is -1.37. The number of carbonyl (C=O) groups excluding carboxylic acids is 2. The minimum absolute atomic E-state index is 0.134. The molecule has 96 valence electrons. The minimum Gasteiger partial charge on any atom is -0.480 e. The summed E-state index contributed by atoms with van der Waals surface area (Å²) in [6.07, 6.45) is -0.481. The van der Waals surface area contributed by atoms with Crippen molar-refractivity contribution in [2.45, 2.75) is 12.5 Å². The van der Waals surface area contributed by atoms with Gasteiger partial charge in [-0.05, 0) is 12.1 Å². The maximum absolute atomic E-state index is 11.8. The maximum Gasteiger partial charge on any atom is 0.326 e. The Kier molecular flexibility index (Phi) is 4.67. The van der Waals surface area contributed by atoms with Gasteiger partial charge in [0.25, 0.3) is 5.91 Å². The number of carboxylic acids is 1. The zero-order valence-electron chi connectivity index (χ0n) is 9.22. The molecule has 6 nitrogen and oxygen atoms in total. The molecule has 1 rings (SSSR count). The largest absolute Gasteiger partial charge is 0.480 e. The van der Waals surface area contributed by atoms with Crippen molar-refractivity contribution in [3.05, 3.63) is 34.9 Å². The maximum atomic E-state index is 11.8. The molecule has 0 heterocycles. The van der Waals surface area contributed by atoms with E-state index in [1.54, 1.807) is 12.1 Å². The highest BCUT2D eigenvalue weighted by Crippen LogP contribution is 2.14. The van der Waals surface area contributed by atoms with E-state index >= 15 is 0 Å². The molecule has 1 aromatic carbocycles. The van der Waals surface area contributed by atoms with Gasteiger partial charge in [0, 0.05) is 0 Å². The van der Waals surface area contributed by atoms with Gasteiger partial charge in [0.05, 0.1) is 17.0 Å². The Morgan fingerprint density at radius 2 is 1.94 bits per heavy atom. The van der Waals surface area contributed by atoms with Crippen LogP contribution in [0.2, 0.25) is 5.02 Å². The number of nitrogens with one attached hydrogen (secondary N) is 1. The molecule has 0 radical (unpaired) electrons. The first kappa shape index (κ1) is 14.0. The molecular formula is C11H11ClN2O4. The molecular weight excluding hydrogens is 260 g/mol. The Hall–Kier alpha value is -2.08. The molecule has 0 saturated heterocycles. The normalized spacial score (nSPS) is 11.6. The van der Waals surface area contributed by atoms with Gasteiger partial charge in [-0.25, -0.2) is 4.79 Å². The van der Waals surface area contributed by atoms with Crippen molar-refractivity contribution < 1.29 is 19.5 Å². The lowest BCUT2D eigenvalue weighted by Crippen LogP contribution is -2.43. The number of rotatable bonds is 5. The molecule has 1 aromatic rings. The molecule has 7 heteroatoms. The fourth-order valence-corrected chi connectivity index (χ4v) is 1.50. The van der Waals surface area contributed by atoms with Gasteiger partial charge in [-0.1, -0.05) is 23.7 Å². The van der Waals surface area contributed by atoms with Crippen LogP contribution in [0.1, 0.15) is 16.8 Å². The van der Waals surface area contributed by atoms with Crippen molar-refractivity contribution in [3.63, 3.8) is 0 Å². The molecule has 0 aromatic heterocycles. The predicted molar refractivity (Wildman–Crippen MR) is 64.2 cm³/mol. The fraction of sp³-hybridized carbons (Fsp3) is 0.182. The van der Waals surface area contributed by atoms with Crippen molar-refractivity contribution in [2.24, 2.45) is 5.73 Å². The summed E-state index contributed by atoms with van der Waals surface area (Å²) in [5.41, 5.74) is 5.03. The molecule has 0 aliphatic carbocycles. The number of aliphatic carboxylic acids is 1. The molecule has 0 bridgehead atoms. The number of hydrogen-bond donors (Lipinski definition) is 3. The molecule has 0 aliphatic heterocycles. The number of halogens is 1. The molecule has 0 saturated carbocycles. The first-order chi connectivity index (χ1) is 8.41. The first-order valence-electron chi connectivity index (χ1n) is 4.98. The number of primary amides is 1. The second kappa shape index (κ2) is 6.02. The summed E-state index contributed by atoms with van der Waals surface area (Å²) < 4.78 is 0. The van der Waals surface area contributed by atoms with Crippen LogP contribution in [-0.4, -0.2) is 28.9 Å². The van der Waals surface area contributed by atoms with E-state index in [1.807, 2.05) is 0 Å². The van der Waals surface area contributed by atoms with Gasteiger partial charge < -0.3 is 16.2 Å². The van der Waals surface area contributed by atoms with Crippen LogP contribution in [0.3, 0.4) is 0 Å². The van der Waals surface area contributed by atoms with Gasteiger partial charge in [-0.2, -0.15) is 0 Å². The monoisotopic (exact) mass is 270 g/mol.